The Labute approximate surface area is 154 Å². The summed E-state index contributed by atoms with van der Waals surface area (Å²) in [6.45, 7) is 4.24. The summed E-state index contributed by atoms with van der Waals surface area (Å²) in [5.41, 5.74) is 2.70. The molecule has 0 heterocycles. The molecule has 2 rings (SSSR count). The first-order valence-electron chi connectivity index (χ1n) is 9.27. The smallest absolute Gasteiger partial charge is 0.135 e. The highest BCUT2D eigenvalue weighted by atomic mass is 19.1. The first-order chi connectivity index (χ1) is 12.6. The lowest BCUT2D eigenvalue weighted by molar-refractivity contribution is 0.574. The van der Waals surface area contributed by atoms with Crippen LogP contribution in [0.15, 0.2) is 46.6 Å². The number of halogens is 2. The maximum Gasteiger partial charge on any atom is 0.135 e. The van der Waals surface area contributed by atoms with E-state index in [-0.39, 0.29) is 5.56 Å². The van der Waals surface area contributed by atoms with Crippen LogP contribution in [-0.4, -0.2) is 12.4 Å². The third-order valence-corrected chi connectivity index (χ3v) is 4.19. The number of nitrogens with zero attached hydrogens (tertiary/aromatic N) is 2. The number of benzene rings is 2. The van der Waals surface area contributed by atoms with E-state index in [9.17, 15) is 8.78 Å². The molecule has 0 saturated carbocycles. The Kier molecular flexibility index (Phi) is 8.13. The van der Waals surface area contributed by atoms with Crippen molar-refractivity contribution in [2.75, 3.05) is 0 Å². The van der Waals surface area contributed by atoms with Crippen LogP contribution in [0.25, 0.3) is 0 Å². The van der Waals surface area contributed by atoms with Crippen LogP contribution in [0.3, 0.4) is 0 Å². The minimum atomic E-state index is -0.598. The van der Waals surface area contributed by atoms with Crippen LogP contribution in [0.2, 0.25) is 0 Å². The maximum absolute atomic E-state index is 14.1. The van der Waals surface area contributed by atoms with Crippen molar-refractivity contribution in [3.8, 4) is 0 Å². The van der Waals surface area contributed by atoms with Gasteiger partial charge in [-0.1, -0.05) is 57.4 Å². The zero-order valence-corrected chi connectivity index (χ0v) is 15.5. The molecule has 2 nitrogen and oxygen atoms in total. The Balaban J connectivity index is 2.00. The van der Waals surface area contributed by atoms with Crippen LogP contribution < -0.4 is 0 Å². The molecule has 0 bridgehead atoms. The van der Waals surface area contributed by atoms with E-state index in [2.05, 4.69) is 24.1 Å². The Hall–Kier alpha value is -2.36. The quantitative estimate of drug-likeness (QED) is 0.294. The van der Waals surface area contributed by atoms with Gasteiger partial charge in [0.2, 0.25) is 0 Å². The van der Waals surface area contributed by atoms with E-state index in [0.29, 0.717) is 12.0 Å². The standard InChI is InChI=1S/C22H26F2N2/c1-3-5-6-8-19-13-21(23)20(22(24)14-19)16-26-25-15-18-11-9-17(7-4-2)10-12-18/h9-16H,3-8H2,1-2H3. The molecule has 2 aromatic rings. The van der Waals surface area contributed by atoms with Gasteiger partial charge in [0.25, 0.3) is 0 Å². The molecule has 138 valence electrons. The fraction of sp³-hybridized carbons (Fsp3) is 0.364. The molecule has 2 aromatic carbocycles. The van der Waals surface area contributed by atoms with E-state index < -0.39 is 11.6 Å². The van der Waals surface area contributed by atoms with Crippen LogP contribution in [0, 0.1) is 11.6 Å². The van der Waals surface area contributed by atoms with Crippen LogP contribution in [0.1, 0.15) is 61.8 Å². The SMILES string of the molecule is CCCCCc1cc(F)c(C=NN=Cc2ccc(CCC)cc2)c(F)c1. The van der Waals surface area contributed by atoms with Crippen LogP contribution in [0.5, 0.6) is 0 Å². The minimum Gasteiger partial charge on any atom is -0.206 e. The van der Waals surface area contributed by atoms with Crippen LogP contribution in [-0.2, 0) is 12.8 Å². The third kappa shape index (κ3) is 6.17. The van der Waals surface area contributed by atoms with E-state index in [0.717, 1.165) is 43.9 Å². The van der Waals surface area contributed by atoms with Gasteiger partial charge in [0.1, 0.15) is 11.6 Å². The predicted molar refractivity (Wildman–Crippen MR) is 105 cm³/mol. The summed E-state index contributed by atoms with van der Waals surface area (Å²) in [6, 6.07) is 10.8. The lowest BCUT2D eigenvalue weighted by Crippen LogP contribution is -1.98. The zero-order valence-electron chi connectivity index (χ0n) is 15.5. The summed E-state index contributed by atoms with van der Waals surface area (Å²) in [5, 5.41) is 7.68. The topological polar surface area (TPSA) is 24.7 Å². The molecule has 0 radical (unpaired) electrons. The van der Waals surface area contributed by atoms with Crippen molar-refractivity contribution in [1.29, 1.82) is 0 Å². The molecule has 0 N–H and O–H groups in total. The Bertz CT molecular complexity index is 726. The van der Waals surface area contributed by atoms with Gasteiger partial charge in [0.05, 0.1) is 18.0 Å². The van der Waals surface area contributed by atoms with E-state index in [1.165, 1.54) is 17.7 Å². The molecule has 0 saturated heterocycles. The molecular formula is C22H26F2N2. The molecule has 0 amide bonds. The van der Waals surface area contributed by atoms with E-state index in [1.54, 1.807) is 6.21 Å². The summed E-state index contributed by atoms with van der Waals surface area (Å²) in [7, 11) is 0. The van der Waals surface area contributed by atoms with E-state index >= 15 is 0 Å². The highest BCUT2D eigenvalue weighted by molar-refractivity contribution is 5.83. The molecular weight excluding hydrogens is 330 g/mol. The van der Waals surface area contributed by atoms with Gasteiger partial charge >= 0.3 is 0 Å². The van der Waals surface area contributed by atoms with Gasteiger partial charge in [-0.2, -0.15) is 10.2 Å². The fourth-order valence-corrected chi connectivity index (χ4v) is 2.73. The number of rotatable bonds is 9. The normalized spacial score (nSPS) is 11.7. The average Bonchev–Trinajstić information content (AvgIpc) is 2.62. The minimum absolute atomic E-state index is 0.153. The van der Waals surface area contributed by atoms with Crippen LogP contribution in [0.4, 0.5) is 8.78 Å². The molecule has 26 heavy (non-hydrogen) atoms. The van der Waals surface area contributed by atoms with Crippen molar-refractivity contribution in [1.82, 2.24) is 0 Å². The van der Waals surface area contributed by atoms with E-state index in [4.69, 9.17) is 0 Å². The van der Waals surface area contributed by atoms with Crippen molar-refractivity contribution >= 4 is 12.4 Å². The van der Waals surface area contributed by atoms with Gasteiger partial charge in [-0.05, 0) is 48.1 Å². The third-order valence-electron chi connectivity index (χ3n) is 4.19. The lowest BCUT2D eigenvalue weighted by atomic mass is 10.0. The molecule has 0 aromatic heterocycles. The number of hydrogen-bond donors (Lipinski definition) is 0. The van der Waals surface area contributed by atoms with Crippen molar-refractivity contribution < 1.29 is 8.78 Å². The van der Waals surface area contributed by atoms with Crippen molar-refractivity contribution in [3.05, 3.63) is 70.3 Å². The second kappa shape index (κ2) is 10.6. The monoisotopic (exact) mass is 356 g/mol. The van der Waals surface area contributed by atoms with Gasteiger partial charge in [0, 0.05) is 0 Å². The molecule has 0 unspecified atom stereocenters. The highest BCUT2D eigenvalue weighted by Gasteiger charge is 2.09. The number of hydrogen-bond acceptors (Lipinski definition) is 2. The molecule has 0 aliphatic carbocycles. The Morgan fingerprint density at radius 2 is 1.42 bits per heavy atom. The van der Waals surface area contributed by atoms with Crippen molar-refractivity contribution in [2.45, 2.75) is 52.4 Å². The summed E-state index contributed by atoms with van der Waals surface area (Å²) in [5.74, 6) is -1.20. The van der Waals surface area contributed by atoms with Gasteiger partial charge in [0.15, 0.2) is 0 Å². The maximum atomic E-state index is 14.1. The molecule has 0 atom stereocenters. The highest BCUT2D eigenvalue weighted by Crippen LogP contribution is 2.16. The van der Waals surface area contributed by atoms with Gasteiger partial charge in [-0.15, -0.1) is 0 Å². The van der Waals surface area contributed by atoms with Crippen molar-refractivity contribution in [3.63, 3.8) is 0 Å². The van der Waals surface area contributed by atoms with Crippen LogP contribution >= 0.6 is 0 Å². The Morgan fingerprint density at radius 1 is 0.769 bits per heavy atom. The van der Waals surface area contributed by atoms with Crippen molar-refractivity contribution in [2.24, 2.45) is 10.2 Å². The van der Waals surface area contributed by atoms with Gasteiger partial charge in [-0.3, -0.25) is 0 Å². The second-order valence-electron chi connectivity index (χ2n) is 6.41. The fourth-order valence-electron chi connectivity index (χ4n) is 2.73. The largest absolute Gasteiger partial charge is 0.206 e. The first kappa shape index (κ1) is 20.0. The summed E-state index contributed by atoms with van der Waals surface area (Å²) < 4.78 is 28.2. The van der Waals surface area contributed by atoms with E-state index in [1.807, 2.05) is 24.3 Å². The predicted octanol–water partition coefficient (Wildman–Crippen LogP) is 6.10. The Morgan fingerprint density at radius 3 is 2.04 bits per heavy atom. The van der Waals surface area contributed by atoms with Gasteiger partial charge < -0.3 is 0 Å². The summed E-state index contributed by atoms with van der Waals surface area (Å²) in [4.78, 5) is 0. The van der Waals surface area contributed by atoms with Gasteiger partial charge in [-0.25, -0.2) is 8.78 Å². The zero-order chi connectivity index (χ0) is 18.8. The first-order valence-corrected chi connectivity index (χ1v) is 9.27. The second-order valence-corrected chi connectivity index (χ2v) is 6.41. The molecule has 0 fully saturated rings. The number of aryl methyl sites for hydroxylation is 2. The lowest BCUT2D eigenvalue weighted by Gasteiger charge is -2.04. The summed E-state index contributed by atoms with van der Waals surface area (Å²) in [6.07, 6.45) is 8.60. The molecule has 0 spiro atoms. The molecule has 4 heteroatoms. The molecule has 0 aliphatic rings. The number of unbranched alkanes of at least 4 members (excludes halogenated alkanes) is 2. The molecule has 0 aliphatic heterocycles. The average molecular weight is 356 g/mol. The summed E-state index contributed by atoms with van der Waals surface area (Å²) >= 11 is 0.